The number of rotatable bonds is 3. The van der Waals surface area contributed by atoms with Crippen molar-refractivity contribution in [3.8, 4) is 11.5 Å². The predicted octanol–water partition coefficient (Wildman–Crippen LogP) is 4.17. The van der Waals surface area contributed by atoms with Crippen LogP contribution in [0.3, 0.4) is 0 Å². The largest absolute Gasteiger partial charge is 0.496 e. The first kappa shape index (κ1) is 17.4. The van der Waals surface area contributed by atoms with E-state index in [2.05, 4.69) is 0 Å². The van der Waals surface area contributed by atoms with Crippen LogP contribution in [-0.2, 0) is 4.74 Å². The van der Waals surface area contributed by atoms with Crippen LogP contribution in [0.1, 0.15) is 51.6 Å². The Labute approximate surface area is 138 Å². The second-order valence-electron chi connectivity index (χ2n) is 6.76. The Morgan fingerprint density at radius 1 is 1.13 bits per heavy atom. The molecule has 1 aromatic carbocycles. The van der Waals surface area contributed by atoms with Gasteiger partial charge in [0.15, 0.2) is 0 Å². The number of carbonyl (C=O) groups excluding carboxylic acids is 1. The van der Waals surface area contributed by atoms with Crippen LogP contribution in [0.5, 0.6) is 11.5 Å². The molecule has 5 heteroatoms. The van der Waals surface area contributed by atoms with Crippen molar-refractivity contribution in [1.82, 2.24) is 4.90 Å². The van der Waals surface area contributed by atoms with Gasteiger partial charge in [0.2, 0.25) is 0 Å². The van der Waals surface area contributed by atoms with Gasteiger partial charge in [0.1, 0.15) is 17.1 Å². The first-order valence-electron chi connectivity index (χ1n) is 8.08. The van der Waals surface area contributed by atoms with E-state index in [1.165, 1.54) is 0 Å². The molecule has 1 aliphatic heterocycles. The molecule has 0 radical (unpaired) electrons. The van der Waals surface area contributed by atoms with Gasteiger partial charge in [-0.2, -0.15) is 0 Å². The number of methoxy groups -OCH3 is 2. The van der Waals surface area contributed by atoms with Crippen LogP contribution >= 0.6 is 0 Å². The molecule has 128 valence electrons. The summed E-state index contributed by atoms with van der Waals surface area (Å²) in [7, 11) is 3.28. The van der Waals surface area contributed by atoms with Crippen molar-refractivity contribution in [2.24, 2.45) is 0 Å². The van der Waals surface area contributed by atoms with Gasteiger partial charge in [0, 0.05) is 6.54 Å². The molecule has 1 aliphatic rings. The number of nitrogens with zero attached hydrogens (tertiary/aromatic N) is 1. The topological polar surface area (TPSA) is 48.0 Å². The lowest BCUT2D eigenvalue weighted by molar-refractivity contribution is 0.00904. The van der Waals surface area contributed by atoms with Gasteiger partial charge in [-0.15, -0.1) is 0 Å². The molecular weight excluding hydrogens is 294 g/mol. The van der Waals surface area contributed by atoms with Gasteiger partial charge in [0.25, 0.3) is 0 Å². The average molecular weight is 321 g/mol. The van der Waals surface area contributed by atoms with E-state index >= 15 is 0 Å². The molecule has 1 amide bonds. The van der Waals surface area contributed by atoms with Gasteiger partial charge in [0.05, 0.1) is 25.8 Å². The molecule has 1 atom stereocenters. The van der Waals surface area contributed by atoms with Gasteiger partial charge >= 0.3 is 6.09 Å². The van der Waals surface area contributed by atoms with E-state index in [1.54, 1.807) is 19.1 Å². The second kappa shape index (κ2) is 7.11. The number of amides is 1. The third-order valence-corrected chi connectivity index (χ3v) is 3.93. The smallest absolute Gasteiger partial charge is 0.410 e. The van der Waals surface area contributed by atoms with Crippen LogP contribution in [0.15, 0.2) is 18.2 Å². The summed E-state index contributed by atoms with van der Waals surface area (Å²) in [6.07, 6.45) is 2.63. The highest BCUT2D eigenvalue weighted by Crippen LogP contribution is 2.42. The summed E-state index contributed by atoms with van der Waals surface area (Å²) in [6.45, 7) is 6.33. The zero-order chi connectivity index (χ0) is 17.0. The number of benzene rings is 1. The number of ether oxygens (including phenoxy) is 3. The van der Waals surface area contributed by atoms with E-state index in [0.29, 0.717) is 6.54 Å². The SMILES string of the molecule is COc1cccc(OC)c1C1CCCCN1C(=O)OC(C)(C)C. The Hall–Kier alpha value is -1.91. The number of hydrogen-bond acceptors (Lipinski definition) is 4. The lowest BCUT2D eigenvalue weighted by Gasteiger charge is -2.37. The third kappa shape index (κ3) is 4.09. The molecule has 0 spiro atoms. The fourth-order valence-corrected chi connectivity index (χ4v) is 2.98. The van der Waals surface area contributed by atoms with Crippen LogP contribution in [0.4, 0.5) is 4.79 Å². The molecule has 5 nitrogen and oxygen atoms in total. The zero-order valence-corrected chi connectivity index (χ0v) is 14.7. The molecule has 2 rings (SSSR count). The Morgan fingerprint density at radius 3 is 2.26 bits per heavy atom. The molecular formula is C18H27NO4. The van der Waals surface area contributed by atoms with Crippen LogP contribution < -0.4 is 9.47 Å². The van der Waals surface area contributed by atoms with Gasteiger partial charge < -0.3 is 19.1 Å². The fourth-order valence-electron chi connectivity index (χ4n) is 2.98. The molecule has 0 aromatic heterocycles. The van der Waals surface area contributed by atoms with E-state index in [9.17, 15) is 4.79 Å². The summed E-state index contributed by atoms with van der Waals surface area (Å²) in [5.74, 6) is 1.48. The summed E-state index contributed by atoms with van der Waals surface area (Å²) >= 11 is 0. The van der Waals surface area contributed by atoms with Crippen LogP contribution in [0.25, 0.3) is 0 Å². The molecule has 1 saturated heterocycles. The van der Waals surface area contributed by atoms with Crippen molar-refractivity contribution in [2.75, 3.05) is 20.8 Å². The lowest BCUT2D eigenvalue weighted by atomic mass is 9.94. The molecule has 0 aliphatic carbocycles. The minimum atomic E-state index is -0.510. The summed E-state index contributed by atoms with van der Waals surface area (Å²) in [5, 5.41) is 0. The van der Waals surface area contributed by atoms with Crippen molar-refractivity contribution in [2.45, 2.75) is 51.7 Å². The number of carbonyl (C=O) groups is 1. The van der Waals surface area contributed by atoms with Gasteiger partial charge in [-0.3, -0.25) is 0 Å². The second-order valence-corrected chi connectivity index (χ2v) is 6.76. The Morgan fingerprint density at radius 2 is 1.74 bits per heavy atom. The van der Waals surface area contributed by atoms with E-state index in [4.69, 9.17) is 14.2 Å². The van der Waals surface area contributed by atoms with Gasteiger partial charge in [-0.1, -0.05) is 6.07 Å². The first-order valence-corrected chi connectivity index (χ1v) is 8.08. The average Bonchev–Trinajstić information content (AvgIpc) is 2.52. The summed E-state index contributed by atoms with van der Waals surface area (Å²) in [4.78, 5) is 14.4. The maximum atomic E-state index is 12.6. The van der Waals surface area contributed by atoms with Crippen LogP contribution in [-0.4, -0.2) is 37.4 Å². The monoisotopic (exact) mass is 321 g/mol. The first-order chi connectivity index (χ1) is 10.9. The molecule has 0 saturated carbocycles. The summed E-state index contributed by atoms with van der Waals surface area (Å²) in [5.41, 5.74) is 0.410. The molecule has 1 heterocycles. The quantitative estimate of drug-likeness (QED) is 0.838. The standard InChI is InChI=1S/C18H27NO4/c1-18(2,3)23-17(20)19-12-7-6-9-13(19)16-14(21-4)10-8-11-15(16)22-5/h8,10-11,13H,6-7,9,12H2,1-5H3. The molecule has 0 bridgehead atoms. The highest BCUT2D eigenvalue weighted by molar-refractivity contribution is 5.69. The van der Waals surface area contributed by atoms with Crippen molar-refractivity contribution >= 4 is 6.09 Å². The summed E-state index contributed by atoms with van der Waals surface area (Å²) < 4.78 is 16.6. The van der Waals surface area contributed by atoms with Gasteiger partial charge in [-0.05, 0) is 52.2 Å². The van der Waals surface area contributed by atoms with Crippen LogP contribution in [0, 0.1) is 0 Å². The van der Waals surface area contributed by atoms with Gasteiger partial charge in [-0.25, -0.2) is 4.79 Å². The highest BCUT2D eigenvalue weighted by atomic mass is 16.6. The zero-order valence-electron chi connectivity index (χ0n) is 14.7. The minimum Gasteiger partial charge on any atom is -0.496 e. The molecule has 1 fully saturated rings. The molecule has 1 aromatic rings. The fraction of sp³-hybridized carbons (Fsp3) is 0.611. The molecule has 1 unspecified atom stereocenters. The van der Waals surface area contributed by atoms with Crippen molar-refractivity contribution < 1.29 is 19.0 Å². The lowest BCUT2D eigenvalue weighted by Crippen LogP contribution is -2.42. The van der Waals surface area contributed by atoms with Crippen molar-refractivity contribution in [3.05, 3.63) is 23.8 Å². The Balaban J connectivity index is 2.37. The summed E-state index contributed by atoms with van der Waals surface area (Å²) in [6, 6.07) is 5.60. The maximum absolute atomic E-state index is 12.6. The van der Waals surface area contributed by atoms with Crippen molar-refractivity contribution in [3.63, 3.8) is 0 Å². The van der Waals surface area contributed by atoms with E-state index < -0.39 is 5.60 Å². The number of likely N-dealkylation sites (tertiary alicyclic amines) is 1. The van der Waals surface area contributed by atoms with E-state index in [1.807, 2.05) is 39.0 Å². The Kier molecular flexibility index (Phi) is 5.39. The normalized spacial score (nSPS) is 18.5. The van der Waals surface area contributed by atoms with Crippen molar-refractivity contribution in [1.29, 1.82) is 0 Å². The number of piperidine rings is 1. The van der Waals surface area contributed by atoms with Crippen LogP contribution in [0.2, 0.25) is 0 Å². The molecule has 0 N–H and O–H groups in total. The highest BCUT2D eigenvalue weighted by Gasteiger charge is 2.34. The Bertz CT molecular complexity index is 528. The maximum Gasteiger partial charge on any atom is 0.410 e. The van der Waals surface area contributed by atoms with E-state index in [-0.39, 0.29) is 12.1 Å². The number of hydrogen-bond donors (Lipinski definition) is 0. The molecule has 23 heavy (non-hydrogen) atoms. The van der Waals surface area contributed by atoms with E-state index in [0.717, 1.165) is 36.3 Å². The predicted molar refractivity (Wildman–Crippen MR) is 89.1 cm³/mol. The third-order valence-electron chi connectivity index (χ3n) is 3.93. The minimum absolute atomic E-state index is 0.0929.